The van der Waals surface area contributed by atoms with Gasteiger partial charge in [-0.05, 0) is 54.6 Å². The second kappa shape index (κ2) is 10.2. The highest BCUT2D eigenvalue weighted by Crippen LogP contribution is 2.22. The van der Waals surface area contributed by atoms with Gasteiger partial charge >= 0.3 is 0 Å². The van der Waals surface area contributed by atoms with Crippen molar-refractivity contribution < 1.29 is 9.53 Å². The van der Waals surface area contributed by atoms with Crippen molar-refractivity contribution in [2.75, 3.05) is 24.9 Å². The van der Waals surface area contributed by atoms with Crippen LogP contribution in [0.3, 0.4) is 0 Å². The SMILES string of the molecule is CCc1ccc2c(c1)sc(=NC(=O)CSc1ccc(OC)cc1)n2CCSC. The number of methoxy groups -OCH3 is 1. The number of thiazole rings is 1. The number of fused-ring (bicyclic) bond motifs is 1. The van der Waals surface area contributed by atoms with E-state index in [0.29, 0.717) is 5.75 Å². The third-order valence-corrected chi connectivity index (χ3v) is 6.95. The highest BCUT2D eigenvalue weighted by atomic mass is 32.2. The van der Waals surface area contributed by atoms with Crippen molar-refractivity contribution >= 4 is 51.0 Å². The Morgan fingerprint density at radius 2 is 2.00 bits per heavy atom. The minimum Gasteiger partial charge on any atom is -0.497 e. The first-order valence-corrected chi connectivity index (χ1v) is 12.3. The Hall–Kier alpha value is -1.70. The number of nitrogens with zero attached hydrogens (tertiary/aromatic N) is 2. The maximum Gasteiger partial charge on any atom is 0.258 e. The van der Waals surface area contributed by atoms with E-state index < -0.39 is 0 Å². The number of rotatable bonds is 8. The molecule has 2 aromatic carbocycles. The first-order valence-electron chi connectivity index (χ1n) is 9.10. The van der Waals surface area contributed by atoms with Crippen LogP contribution in [0.25, 0.3) is 10.2 Å². The number of hydrogen-bond donors (Lipinski definition) is 0. The van der Waals surface area contributed by atoms with Crippen LogP contribution in [-0.4, -0.2) is 35.3 Å². The van der Waals surface area contributed by atoms with E-state index >= 15 is 0 Å². The molecule has 3 aromatic rings. The fourth-order valence-corrected chi connectivity index (χ4v) is 4.96. The van der Waals surface area contributed by atoms with Crippen LogP contribution in [0.4, 0.5) is 0 Å². The summed E-state index contributed by atoms with van der Waals surface area (Å²) in [6, 6.07) is 14.2. The molecule has 0 N–H and O–H groups in total. The molecule has 148 valence electrons. The van der Waals surface area contributed by atoms with E-state index in [0.717, 1.165) is 39.7 Å². The predicted molar refractivity (Wildman–Crippen MR) is 122 cm³/mol. The van der Waals surface area contributed by atoms with Crippen molar-refractivity contribution in [2.45, 2.75) is 24.8 Å². The van der Waals surface area contributed by atoms with Gasteiger partial charge in [0, 0.05) is 17.2 Å². The zero-order valence-corrected chi connectivity index (χ0v) is 18.8. The summed E-state index contributed by atoms with van der Waals surface area (Å²) in [6.45, 7) is 3.01. The van der Waals surface area contributed by atoms with Crippen LogP contribution in [0.15, 0.2) is 52.4 Å². The molecule has 0 aliphatic heterocycles. The molecule has 0 spiro atoms. The number of carbonyl (C=O) groups is 1. The number of hydrogen-bond acceptors (Lipinski definition) is 5. The van der Waals surface area contributed by atoms with Crippen LogP contribution >= 0.6 is 34.9 Å². The molecular weight excluding hydrogens is 408 g/mol. The number of benzene rings is 2. The van der Waals surface area contributed by atoms with Crippen LogP contribution in [0.2, 0.25) is 0 Å². The maximum absolute atomic E-state index is 12.5. The van der Waals surface area contributed by atoms with Gasteiger partial charge in [0.25, 0.3) is 5.91 Å². The van der Waals surface area contributed by atoms with Gasteiger partial charge in [-0.3, -0.25) is 4.79 Å². The number of carbonyl (C=O) groups excluding carboxylic acids is 1. The normalized spacial score (nSPS) is 11.9. The molecule has 28 heavy (non-hydrogen) atoms. The standard InChI is InChI=1S/C21H24N2O2S3/c1-4-15-5-10-18-19(13-15)28-21(23(18)11-12-26-3)22-20(24)14-27-17-8-6-16(25-2)7-9-17/h5-10,13H,4,11-12,14H2,1-3H3. The molecule has 0 radical (unpaired) electrons. The summed E-state index contributed by atoms with van der Waals surface area (Å²) < 4.78 is 8.53. The summed E-state index contributed by atoms with van der Waals surface area (Å²) in [7, 11) is 1.64. The molecular formula is C21H24N2O2S3. The number of ether oxygens (including phenoxy) is 1. The van der Waals surface area contributed by atoms with Crippen LogP contribution < -0.4 is 9.54 Å². The summed E-state index contributed by atoms with van der Waals surface area (Å²) >= 11 is 4.89. The molecule has 0 fully saturated rings. The molecule has 0 aliphatic carbocycles. The summed E-state index contributed by atoms with van der Waals surface area (Å²) in [5.74, 6) is 2.01. The Balaban J connectivity index is 1.82. The quantitative estimate of drug-likeness (QED) is 0.477. The van der Waals surface area contributed by atoms with Gasteiger partial charge in [-0.15, -0.1) is 11.8 Å². The maximum atomic E-state index is 12.5. The van der Waals surface area contributed by atoms with Gasteiger partial charge in [0.2, 0.25) is 0 Å². The minimum absolute atomic E-state index is 0.110. The molecule has 7 heteroatoms. The lowest BCUT2D eigenvalue weighted by Gasteiger charge is -2.04. The summed E-state index contributed by atoms with van der Waals surface area (Å²) in [5.41, 5.74) is 2.46. The molecule has 1 aromatic heterocycles. The van der Waals surface area contributed by atoms with Crippen molar-refractivity contribution in [1.82, 2.24) is 4.57 Å². The van der Waals surface area contributed by atoms with Crippen molar-refractivity contribution in [3.63, 3.8) is 0 Å². The fraction of sp³-hybridized carbons (Fsp3) is 0.333. The molecule has 3 rings (SSSR count). The second-order valence-electron chi connectivity index (χ2n) is 6.15. The highest BCUT2D eigenvalue weighted by molar-refractivity contribution is 8.00. The lowest BCUT2D eigenvalue weighted by molar-refractivity contribution is -0.115. The van der Waals surface area contributed by atoms with E-state index in [4.69, 9.17) is 4.74 Å². The topological polar surface area (TPSA) is 43.6 Å². The van der Waals surface area contributed by atoms with E-state index in [1.54, 1.807) is 30.2 Å². The molecule has 0 saturated heterocycles. The van der Waals surface area contributed by atoms with Gasteiger partial charge < -0.3 is 9.30 Å². The number of aryl methyl sites for hydroxylation is 2. The Labute approximate surface area is 178 Å². The van der Waals surface area contributed by atoms with Crippen LogP contribution in [0.5, 0.6) is 5.75 Å². The lowest BCUT2D eigenvalue weighted by Crippen LogP contribution is -2.18. The fourth-order valence-electron chi connectivity index (χ4n) is 2.78. The van der Waals surface area contributed by atoms with Crippen molar-refractivity contribution in [3.05, 3.63) is 52.8 Å². The van der Waals surface area contributed by atoms with Crippen LogP contribution in [-0.2, 0) is 17.8 Å². The number of aromatic nitrogens is 1. The summed E-state index contributed by atoms with van der Waals surface area (Å²) in [4.78, 5) is 18.8. The largest absolute Gasteiger partial charge is 0.497 e. The average molecular weight is 433 g/mol. The van der Waals surface area contributed by atoms with Crippen LogP contribution in [0.1, 0.15) is 12.5 Å². The monoisotopic (exact) mass is 432 g/mol. The van der Waals surface area contributed by atoms with E-state index in [1.807, 2.05) is 24.3 Å². The number of amides is 1. The van der Waals surface area contributed by atoms with E-state index in [-0.39, 0.29) is 5.91 Å². The molecule has 0 unspecified atom stereocenters. The van der Waals surface area contributed by atoms with Crippen molar-refractivity contribution in [1.29, 1.82) is 0 Å². The molecule has 0 saturated carbocycles. The first kappa shape index (κ1) is 21.0. The lowest BCUT2D eigenvalue weighted by atomic mass is 10.2. The molecule has 0 atom stereocenters. The van der Waals surface area contributed by atoms with Gasteiger partial charge in [-0.2, -0.15) is 16.8 Å². The predicted octanol–water partition coefficient (Wildman–Crippen LogP) is 4.86. The second-order valence-corrected chi connectivity index (χ2v) is 9.20. The first-order chi connectivity index (χ1) is 13.6. The molecule has 0 aliphatic rings. The third kappa shape index (κ3) is 5.21. The Morgan fingerprint density at radius 3 is 2.68 bits per heavy atom. The highest BCUT2D eigenvalue weighted by Gasteiger charge is 2.09. The van der Waals surface area contributed by atoms with Gasteiger partial charge in [0.15, 0.2) is 4.80 Å². The van der Waals surface area contributed by atoms with Gasteiger partial charge in [-0.25, -0.2) is 0 Å². The zero-order chi connectivity index (χ0) is 19.9. The van der Waals surface area contributed by atoms with E-state index in [2.05, 4.69) is 40.9 Å². The summed E-state index contributed by atoms with van der Waals surface area (Å²) in [5, 5.41) is 0. The van der Waals surface area contributed by atoms with Gasteiger partial charge in [0.05, 0.1) is 23.1 Å². The Kier molecular flexibility index (Phi) is 7.65. The Bertz CT molecular complexity index is 1010. The molecule has 1 heterocycles. The molecule has 1 amide bonds. The average Bonchev–Trinajstić information content (AvgIpc) is 3.06. The van der Waals surface area contributed by atoms with E-state index in [9.17, 15) is 4.79 Å². The van der Waals surface area contributed by atoms with Gasteiger partial charge in [0.1, 0.15) is 5.75 Å². The zero-order valence-electron chi connectivity index (χ0n) is 16.3. The van der Waals surface area contributed by atoms with Crippen LogP contribution in [0, 0.1) is 0 Å². The molecule has 4 nitrogen and oxygen atoms in total. The third-order valence-electron chi connectivity index (χ3n) is 4.32. The smallest absolute Gasteiger partial charge is 0.258 e. The Morgan fingerprint density at radius 1 is 1.21 bits per heavy atom. The van der Waals surface area contributed by atoms with Crippen molar-refractivity contribution in [3.8, 4) is 5.75 Å². The summed E-state index contributed by atoms with van der Waals surface area (Å²) in [6.07, 6.45) is 3.10. The molecule has 0 bridgehead atoms. The van der Waals surface area contributed by atoms with Crippen molar-refractivity contribution in [2.24, 2.45) is 4.99 Å². The van der Waals surface area contributed by atoms with Gasteiger partial charge in [-0.1, -0.05) is 24.3 Å². The minimum atomic E-state index is -0.110. The van der Waals surface area contributed by atoms with E-state index in [1.165, 1.54) is 22.0 Å². The number of thioether (sulfide) groups is 2.